The molecule has 1 fully saturated rings. The van der Waals surface area contributed by atoms with Crippen molar-refractivity contribution in [2.75, 3.05) is 38.5 Å². The molecular weight excluding hydrogens is 312 g/mol. The maximum absolute atomic E-state index is 11.8. The molecule has 0 unspecified atom stereocenters. The fourth-order valence-electron chi connectivity index (χ4n) is 2.45. The van der Waals surface area contributed by atoms with Gasteiger partial charge in [0.2, 0.25) is 0 Å². The zero-order valence-electron chi connectivity index (χ0n) is 14.1. The van der Waals surface area contributed by atoms with Crippen molar-refractivity contribution in [2.45, 2.75) is 25.5 Å². The lowest BCUT2D eigenvalue weighted by molar-refractivity contribution is 0.0927. The first-order chi connectivity index (χ1) is 11.0. The van der Waals surface area contributed by atoms with Gasteiger partial charge in [-0.15, -0.1) is 0 Å². The molecule has 128 valence electrons. The fourth-order valence-corrected chi connectivity index (χ4v) is 3.56. The number of nitrogens with zero attached hydrogens (tertiary/aromatic N) is 2. The highest BCUT2D eigenvalue weighted by Gasteiger charge is 2.28. The Bertz CT molecular complexity index is 528. The van der Waals surface area contributed by atoms with Crippen molar-refractivity contribution in [1.82, 2.24) is 15.5 Å². The minimum absolute atomic E-state index is 0.203. The van der Waals surface area contributed by atoms with Gasteiger partial charge in [-0.3, -0.25) is 9.79 Å². The number of rotatable bonds is 5. The lowest BCUT2D eigenvalue weighted by atomic mass is 10.2. The summed E-state index contributed by atoms with van der Waals surface area (Å²) in [5.41, 5.74) is 0. The SMILES string of the molecule is CCNC(=NCCNC(=O)c1ccco1)N1CCSC(C)(C)C1. The smallest absolute Gasteiger partial charge is 0.287 e. The molecule has 0 aromatic carbocycles. The molecule has 0 bridgehead atoms. The first-order valence-electron chi connectivity index (χ1n) is 8.01. The highest BCUT2D eigenvalue weighted by atomic mass is 32.2. The minimum Gasteiger partial charge on any atom is -0.459 e. The predicted molar refractivity (Wildman–Crippen MR) is 95.1 cm³/mol. The zero-order valence-corrected chi connectivity index (χ0v) is 14.9. The van der Waals surface area contributed by atoms with Crippen LogP contribution in [-0.2, 0) is 0 Å². The molecule has 1 aromatic heterocycles. The molecule has 2 N–H and O–H groups in total. The molecule has 0 radical (unpaired) electrons. The molecule has 1 aliphatic heterocycles. The second kappa shape index (κ2) is 8.29. The van der Waals surface area contributed by atoms with Gasteiger partial charge < -0.3 is 20.0 Å². The normalized spacial score (nSPS) is 17.9. The number of guanidine groups is 1. The topological polar surface area (TPSA) is 69.9 Å². The van der Waals surface area contributed by atoms with E-state index in [9.17, 15) is 4.79 Å². The van der Waals surface area contributed by atoms with Gasteiger partial charge in [0.05, 0.1) is 12.8 Å². The van der Waals surface area contributed by atoms with Gasteiger partial charge in [-0.05, 0) is 32.9 Å². The summed E-state index contributed by atoms with van der Waals surface area (Å²) in [5, 5.41) is 6.15. The highest BCUT2D eigenvalue weighted by Crippen LogP contribution is 2.29. The monoisotopic (exact) mass is 338 g/mol. The molecule has 0 spiro atoms. The second-order valence-corrected chi connectivity index (χ2v) is 7.80. The molecule has 23 heavy (non-hydrogen) atoms. The third-order valence-corrected chi connectivity index (χ3v) is 4.76. The van der Waals surface area contributed by atoms with Crippen LogP contribution in [0, 0.1) is 0 Å². The first kappa shape index (κ1) is 17.7. The highest BCUT2D eigenvalue weighted by molar-refractivity contribution is 8.00. The largest absolute Gasteiger partial charge is 0.459 e. The third kappa shape index (κ3) is 5.49. The Morgan fingerprint density at radius 2 is 2.30 bits per heavy atom. The van der Waals surface area contributed by atoms with Crippen molar-refractivity contribution in [3.8, 4) is 0 Å². The molecule has 1 saturated heterocycles. The van der Waals surface area contributed by atoms with Crippen LogP contribution < -0.4 is 10.6 Å². The van der Waals surface area contributed by atoms with Crippen molar-refractivity contribution in [2.24, 2.45) is 4.99 Å². The van der Waals surface area contributed by atoms with E-state index in [4.69, 9.17) is 4.42 Å². The number of aliphatic imine (C=N–C) groups is 1. The van der Waals surface area contributed by atoms with E-state index < -0.39 is 0 Å². The van der Waals surface area contributed by atoms with Gasteiger partial charge in [0, 0.05) is 36.7 Å². The Labute approximate surface area is 142 Å². The van der Waals surface area contributed by atoms with Crippen molar-refractivity contribution in [3.63, 3.8) is 0 Å². The number of amides is 1. The number of hydrogen-bond acceptors (Lipinski definition) is 4. The molecular formula is C16H26N4O2S. The summed E-state index contributed by atoms with van der Waals surface area (Å²) < 4.78 is 5.30. The van der Waals surface area contributed by atoms with Crippen molar-refractivity contribution in [1.29, 1.82) is 0 Å². The summed E-state index contributed by atoms with van der Waals surface area (Å²) in [5.74, 6) is 2.15. The summed E-state index contributed by atoms with van der Waals surface area (Å²) in [4.78, 5) is 18.7. The molecule has 1 aromatic rings. The van der Waals surface area contributed by atoms with E-state index in [1.165, 1.54) is 6.26 Å². The van der Waals surface area contributed by atoms with Crippen LogP contribution in [-0.4, -0.2) is 60.0 Å². The zero-order chi connectivity index (χ0) is 16.7. The molecule has 0 atom stereocenters. The van der Waals surface area contributed by atoms with Crippen LogP contribution >= 0.6 is 11.8 Å². The number of hydrogen-bond donors (Lipinski definition) is 2. The van der Waals surface area contributed by atoms with Crippen molar-refractivity contribution < 1.29 is 9.21 Å². The molecule has 2 heterocycles. The summed E-state index contributed by atoms with van der Waals surface area (Å²) in [7, 11) is 0. The molecule has 2 rings (SSSR count). The van der Waals surface area contributed by atoms with Crippen LogP contribution in [0.4, 0.5) is 0 Å². The Balaban J connectivity index is 1.85. The third-order valence-electron chi connectivity index (χ3n) is 3.46. The Hall–Kier alpha value is -1.63. The van der Waals surface area contributed by atoms with Gasteiger partial charge in [-0.25, -0.2) is 0 Å². The maximum Gasteiger partial charge on any atom is 0.287 e. The van der Waals surface area contributed by atoms with Gasteiger partial charge >= 0.3 is 0 Å². The Kier molecular flexibility index (Phi) is 6.38. The predicted octanol–water partition coefficient (Wildman–Crippen LogP) is 1.80. The lowest BCUT2D eigenvalue weighted by Crippen LogP contribution is -2.51. The quantitative estimate of drug-likeness (QED) is 0.487. The van der Waals surface area contributed by atoms with Gasteiger partial charge in [0.1, 0.15) is 0 Å². The average Bonchev–Trinajstić information content (AvgIpc) is 3.03. The molecule has 1 amide bonds. The molecule has 0 saturated carbocycles. The molecule has 0 aliphatic carbocycles. The van der Waals surface area contributed by atoms with E-state index in [2.05, 4.69) is 41.3 Å². The number of carbonyl (C=O) groups is 1. The standard InChI is InChI=1S/C16H26N4O2S/c1-4-17-15(20-9-11-23-16(2,3)12-20)19-8-7-18-14(21)13-6-5-10-22-13/h5-6,10H,4,7-9,11-12H2,1-3H3,(H,17,19)(H,18,21). The number of carbonyl (C=O) groups excluding carboxylic acids is 1. The van der Waals surface area contributed by atoms with E-state index >= 15 is 0 Å². The van der Waals surface area contributed by atoms with Crippen molar-refractivity contribution in [3.05, 3.63) is 24.2 Å². The van der Waals surface area contributed by atoms with Gasteiger partial charge in [0.15, 0.2) is 11.7 Å². The van der Waals surface area contributed by atoms with Gasteiger partial charge in [0.25, 0.3) is 5.91 Å². The summed E-state index contributed by atoms with van der Waals surface area (Å²) >= 11 is 2.00. The fraction of sp³-hybridized carbons (Fsp3) is 0.625. The molecule has 1 aliphatic rings. The number of nitrogens with one attached hydrogen (secondary N) is 2. The van der Waals surface area contributed by atoms with Crippen LogP contribution in [0.15, 0.2) is 27.8 Å². The van der Waals surface area contributed by atoms with E-state index in [0.717, 1.165) is 31.3 Å². The van der Waals surface area contributed by atoms with Crippen LogP contribution in [0.2, 0.25) is 0 Å². The van der Waals surface area contributed by atoms with Crippen LogP contribution in [0.5, 0.6) is 0 Å². The van der Waals surface area contributed by atoms with Gasteiger partial charge in [-0.1, -0.05) is 0 Å². The molecule has 7 heteroatoms. The molecule has 6 nitrogen and oxygen atoms in total. The number of furan rings is 1. The van der Waals surface area contributed by atoms with E-state index in [1.807, 2.05) is 11.8 Å². The second-order valence-electron chi connectivity index (χ2n) is 6.00. The first-order valence-corrected chi connectivity index (χ1v) is 8.99. The minimum atomic E-state index is -0.203. The summed E-state index contributed by atoms with van der Waals surface area (Å²) in [6.07, 6.45) is 1.49. The van der Waals surface area contributed by atoms with Crippen LogP contribution in [0.25, 0.3) is 0 Å². The lowest BCUT2D eigenvalue weighted by Gasteiger charge is -2.39. The Morgan fingerprint density at radius 1 is 1.48 bits per heavy atom. The Morgan fingerprint density at radius 3 is 2.96 bits per heavy atom. The summed E-state index contributed by atoms with van der Waals surface area (Å²) in [6.45, 7) is 10.4. The van der Waals surface area contributed by atoms with Crippen LogP contribution in [0.3, 0.4) is 0 Å². The maximum atomic E-state index is 11.8. The van der Waals surface area contributed by atoms with E-state index in [0.29, 0.717) is 18.8 Å². The average molecular weight is 338 g/mol. The van der Waals surface area contributed by atoms with Crippen LogP contribution in [0.1, 0.15) is 31.3 Å². The van der Waals surface area contributed by atoms with Gasteiger partial charge in [-0.2, -0.15) is 11.8 Å². The summed E-state index contributed by atoms with van der Waals surface area (Å²) in [6, 6.07) is 3.35. The van der Waals surface area contributed by atoms with E-state index in [1.54, 1.807) is 12.1 Å². The van der Waals surface area contributed by atoms with Crippen molar-refractivity contribution >= 4 is 23.6 Å². The van der Waals surface area contributed by atoms with E-state index in [-0.39, 0.29) is 10.7 Å². The number of thioether (sulfide) groups is 1.